The van der Waals surface area contributed by atoms with E-state index < -0.39 is 0 Å². The third-order valence-corrected chi connectivity index (χ3v) is 9.32. The highest BCUT2D eigenvalue weighted by molar-refractivity contribution is 5.09. The van der Waals surface area contributed by atoms with E-state index in [2.05, 4.69) is 13.8 Å². The highest BCUT2D eigenvalue weighted by Gasteiger charge is 2.60. The van der Waals surface area contributed by atoms with Gasteiger partial charge < -0.3 is 9.84 Å². The van der Waals surface area contributed by atoms with Crippen LogP contribution in [0.25, 0.3) is 0 Å². The van der Waals surface area contributed by atoms with Crippen molar-refractivity contribution in [2.75, 3.05) is 13.7 Å². The van der Waals surface area contributed by atoms with Crippen molar-refractivity contribution >= 4 is 0 Å². The molecule has 8 atom stereocenters. The van der Waals surface area contributed by atoms with Gasteiger partial charge in [-0.2, -0.15) is 0 Å². The first kappa shape index (κ1) is 16.4. The number of rotatable bonds is 2. The first-order chi connectivity index (χ1) is 11.0. The smallest absolute Gasteiger partial charge is 0.0576 e. The van der Waals surface area contributed by atoms with Crippen LogP contribution in [0.1, 0.15) is 71.6 Å². The van der Waals surface area contributed by atoms with Gasteiger partial charge in [0.1, 0.15) is 0 Å². The van der Waals surface area contributed by atoms with E-state index in [1.54, 1.807) is 0 Å². The molecular weight excluding hydrogens is 284 g/mol. The van der Waals surface area contributed by atoms with Gasteiger partial charge in [0, 0.05) is 13.7 Å². The van der Waals surface area contributed by atoms with E-state index in [9.17, 15) is 5.11 Å². The number of hydrogen-bond donors (Lipinski definition) is 1. The van der Waals surface area contributed by atoms with Crippen LogP contribution in [0.4, 0.5) is 0 Å². The number of aliphatic hydroxyl groups is 1. The molecule has 0 aromatic carbocycles. The van der Waals surface area contributed by atoms with E-state index in [1.165, 1.54) is 57.8 Å². The van der Waals surface area contributed by atoms with Crippen LogP contribution in [0.15, 0.2) is 0 Å². The Kier molecular flexibility index (Phi) is 4.08. The van der Waals surface area contributed by atoms with E-state index in [0.29, 0.717) is 29.5 Å². The summed E-state index contributed by atoms with van der Waals surface area (Å²) in [4.78, 5) is 0. The molecule has 23 heavy (non-hydrogen) atoms. The summed E-state index contributed by atoms with van der Waals surface area (Å²) >= 11 is 0. The molecule has 4 saturated carbocycles. The molecule has 0 bridgehead atoms. The highest BCUT2D eigenvalue weighted by Crippen LogP contribution is 2.67. The third kappa shape index (κ3) is 2.27. The van der Waals surface area contributed by atoms with Crippen molar-refractivity contribution in [3.8, 4) is 0 Å². The van der Waals surface area contributed by atoms with Gasteiger partial charge in [0.15, 0.2) is 0 Å². The summed E-state index contributed by atoms with van der Waals surface area (Å²) in [6.07, 6.45) is 12.8. The van der Waals surface area contributed by atoms with Crippen LogP contribution >= 0.6 is 0 Å². The van der Waals surface area contributed by atoms with Crippen LogP contribution in [0, 0.1) is 40.4 Å². The quantitative estimate of drug-likeness (QED) is 0.802. The molecule has 0 saturated heterocycles. The van der Waals surface area contributed by atoms with Crippen molar-refractivity contribution in [2.24, 2.45) is 40.4 Å². The molecule has 0 aromatic heterocycles. The van der Waals surface area contributed by atoms with Gasteiger partial charge in [-0.3, -0.25) is 0 Å². The van der Waals surface area contributed by atoms with Gasteiger partial charge >= 0.3 is 0 Å². The summed E-state index contributed by atoms with van der Waals surface area (Å²) in [5, 5.41) is 9.85. The SMILES string of the molecule is CO[C@@H]1CC[C@@H]2CC[C@@H]3[C@H](CC[C@]4(C)[C@@H](CO)CC[C@@H]34)[C@@]2(C)C1. The zero-order valence-electron chi connectivity index (χ0n) is 15.4. The zero-order valence-corrected chi connectivity index (χ0v) is 15.4. The lowest BCUT2D eigenvalue weighted by Gasteiger charge is -2.61. The van der Waals surface area contributed by atoms with Crippen LogP contribution in [-0.2, 0) is 4.74 Å². The van der Waals surface area contributed by atoms with Gasteiger partial charge in [-0.05, 0) is 98.2 Å². The van der Waals surface area contributed by atoms with Crippen molar-refractivity contribution < 1.29 is 9.84 Å². The monoisotopic (exact) mass is 320 g/mol. The van der Waals surface area contributed by atoms with Crippen LogP contribution in [-0.4, -0.2) is 24.9 Å². The maximum atomic E-state index is 9.85. The lowest BCUT2D eigenvalue weighted by molar-refractivity contribution is -0.136. The lowest BCUT2D eigenvalue weighted by atomic mass is 9.44. The molecule has 0 aromatic rings. The second-order valence-electron chi connectivity index (χ2n) is 9.80. The fraction of sp³-hybridized carbons (Fsp3) is 1.00. The topological polar surface area (TPSA) is 29.5 Å². The second kappa shape index (κ2) is 5.73. The minimum atomic E-state index is 0.413. The van der Waals surface area contributed by atoms with E-state index >= 15 is 0 Å². The molecule has 2 nitrogen and oxygen atoms in total. The van der Waals surface area contributed by atoms with E-state index in [-0.39, 0.29) is 0 Å². The lowest BCUT2D eigenvalue weighted by Crippen LogP contribution is -2.54. The number of hydrogen-bond acceptors (Lipinski definition) is 2. The van der Waals surface area contributed by atoms with Crippen molar-refractivity contribution in [2.45, 2.75) is 77.7 Å². The summed E-state index contributed by atoms with van der Waals surface area (Å²) in [7, 11) is 1.91. The minimum absolute atomic E-state index is 0.413. The van der Waals surface area contributed by atoms with Crippen LogP contribution in [0.3, 0.4) is 0 Å². The molecule has 1 N–H and O–H groups in total. The Hall–Kier alpha value is -0.0800. The Morgan fingerprint density at radius 2 is 1.65 bits per heavy atom. The van der Waals surface area contributed by atoms with Gasteiger partial charge in [0.05, 0.1) is 6.10 Å². The van der Waals surface area contributed by atoms with Gasteiger partial charge in [-0.1, -0.05) is 13.8 Å². The van der Waals surface area contributed by atoms with Gasteiger partial charge in [-0.15, -0.1) is 0 Å². The Bertz CT molecular complexity index is 449. The molecule has 0 radical (unpaired) electrons. The van der Waals surface area contributed by atoms with Crippen molar-refractivity contribution in [1.29, 1.82) is 0 Å². The number of ether oxygens (including phenoxy) is 1. The molecule has 4 aliphatic rings. The summed E-state index contributed by atoms with van der Waals surface area (Å²) in [6, 6.07) is 0. The second-order valence-corrected chi connectivity index (χ2v) is 9.80. The van der Waals surface area contributed by atoms with Crippen LogP contribution in [0.5, 0.6) is 0 Å². The first-order valence-electron chi connectivity index (χ1n) is 10.2. The van der Waals surface area contributed by atoms with Crippen LogP contribution < -0.4 is 0 Å². The van der Waals surface area contributed by atoms with E-state index in [0.717, 1.165) is 23.7 Å². The molecule has 0 amide bonds. The standard InChI is InChI=1S/C21H36O2/c1-20-11-10-19-17(18(20)9-6-15(20)13-22)8-5-14-4-7-16(23-3)12-21(14,19)2/h14-19,22H,4-13H2,1-3H3/t14-,15-,16-,17+,18+,19+,20-,21+/m1/s1. The number of methoxy groups -OCH3 is 1. The Morgan fingerprint density at radius 1 is 0.913 bits per heavy atom. The fourth-order valence-corrected chi connectivity index (χ4v) is 7.92. The molecule has 132 valence electrons. The number of fused-ring (bicyclic) bond motifs is 5. The Morgan fingerprint density at radius 3 is 2.39 bits per heavy atom. The van der Waals surface area contributed by atoms with Crippen molar-refractivity contribution in [1.82, 2.24) is 0 Å². The third-order valence-electron chi connectivity index (χ3n) is 9.32. The summed E-state index contributed by atoms with van der Waals surface area (Å²) in [5.41, 5.74) is 0.939. The van der Waals surface area contributed by atoms with Crippen LogP contribution in [0.2, 0.25) is 0 Å². The minimum Gasteiger partial charge on any atom is -0.396 e. The normalized spacial score (nSPS) is 55.8. The molecule has 4 rings (SSSR count). The molecule has 4 fully saturated rings. The molecule has 0 heterocycles. The van der Waals surface area contributed by atoms with E-state index in [1.807, 2.05) is 7.11 Å². The number of aliphatic hydroxyl groups excluding tert-OH is 1. The average Bonchev–Trinajstić information content (AvgIpc) is 2.90. The molecular formula is C21H36O2. The Labute approximate surface area is 142 Å². The summed E-state index contributed by atoms with van der Waals surface area (Å²) in [6.45, 7) is 5.53. The molecule has 0 unspecified atom stereocenters. The summed E-state index contributed by atoms with van der Waals surface area (Å²) in [5.74, 6) is 4.21. The molecule has 2 heteroatoms. The van der Waals surface area contributed by atoms with E-state index in [4.69, 9.17) is 4.74 Å². The molecule has 0 aliphatic heterocycles. The highest BCUT2D eigenvalue weighted by atomic mass is 16.5. The van der Waals surface area contributed by atoms with Gasteiger partial charge in [0.25, 0.3) is 0 Å². The molecule has 4 aliphatic carbocycles. The molecule has 0 spiro atoms. The van der Waals surface area contributed by atoms with Gasteiger partial charge in [-0.25, -0.2) is 0 Å². The van der Waals surface area contributed by atoms with Gasteiger partial charge in [0.2, 0.25) is 0 Å². The average molecular weight is 321 g/mol. The van der Waals surface area contributed by atoms with Crippen molar-refractivity contribution in [3.05, 3.63) is 0 Å². The fourth-order valence-electron chi connectivity index (χ4n) is 7.92. The zero-order chi connectivity index (χ0) is 16.2. The predicted molar refractivity (Wildman–Crippen MR) is 93.1 cm³/mol. The maximum absolute atomic E-state index is 9.85. The van der Waals surface area contributed by atoms with Crippen molar-refractivity contribution in [3.63, 3.8) is 0 Å². The summed E-state index contributed by atoms with van der Waals surface area (Å²) < 4.78 is 5.79. The Balaban J connectivity index is 1.61. The largest absolute Gasteiger partial charge is 0.396 e. The maximum Gasteiger partial charge on any atom is 0.0576 e. The first-order valence-corrected chi connectivity index (χ1v) is 10.2. The predicted octanol–water partition coefficient (Wildman–Crippen LogP) is 4.65.